The van der Waals surface area contributed by atoms with Crippen molar-refractivity contribution in [1.82, 2.24) is 10.2 Å². The van der Waals surface area contributed by atoms with Gasteiger partial charge in [0.15, 0.2) is 5.82 Å². The highest BCUT2D eigenvalue weighted by molar-refractivity contribution is 6.83. The summed E-state index contributed by atoms with van der Waals surface area (Å²) in [6.45, 7) is 6.69. The van der Waals surface area contributed by atoms with E-state index in [9.17, 15) is 0 Å². The van der Waals surface area contributed by atoms with Gasteiger partial charge in [-0.05, 0) is 18.2 Å². The molecule has 0 atom stereocenters. The molecule has 1 aromatic carbocycles. The van der Waals surface area contributed by atoms with Gasteiger partial charge in [0.1, 0.15) is 8.07 Å². The Balaban J connectivity index is 2.43. The largest absolute Gasteiger partial charge is 0.382 e. The topological polar surface area (TPSA) is 54.7 Å². The van der Waals surface area contributed by atoms with Gasteiger partial charge in [0.25, 0.3) is 0 Å². The van der Waals surface area contributed by atoms with Crippen molar-refractivity contribution < 1.29 is 0 Å². The number of fused-ring (bicyclic) bond motifs is 1. The lowest BCUT2D eigenvalue weighted by Gasteiger charge is -2.03. The summed E-state index contributed by atoms with van der Waals surface area (Å²) in [5.41, 5.74) is 11.0. The predicted molar refractivity (Wildman–Crippen MR) is 70.7 cm³/mol. The van der Waals surface area contributed by atoms with E-state index in [0.717, 1.165) is 16.5 Å². The second-order valence-corrected chi connectivity index (χ2v) is 9.62. The van der Waals surface area contributed by atoms with E-state index < -0.39 is 8.07 Å². The first-order chi connectivity index (χ1) is 7.46. The number of anilines is 1. The van der Waals surface area contributed by atoms with Gasteiger partial charge >= 0.3 is 0 Å². The minimum absolute atomic E-state index is 0.541. The molecule has 0 saturated heterocycles. The average Bonchev–Trinajstić information content (AvgIpc) is 2.56. The number of H-pyrrole nitrogens is 1. The number of nitrogens with two attached hydrogens (primary N) is 1. The smallest absolute Gasteiger partial charge is 0.153 e. The molecule has 0 unspecified atom stereocenters. The summed E-state index contributed by atoms with van der Waals surface area (Å²) < 4.78 is 0. The van der Waals surface area contributed by atoms with Crippen LogP contribution < -0.4 is 5.73 Å². The summed E-state index contributed by atoms with van der Waals surface area (Å²) in [4.78, 5) is 0. The Morgan fingerprint density at radius 2 is 2.06 bits per heavy atom. The van der Waals surface area contributed by atoms with Gasteiger partial charge in [-0.1, -0.05) is 25.6 Å². The fourth-order valence-corrected chi connectivity index (χ4v) is 1.90. The van der Waals surface area contributed by atoms with Crippen LogP contribution in [0.4, 0.5) is 5.82 Å². The van der Waals surface area contributed by atoms with Crippen molar-refractivity contribution in [3.8, 4) is 11.5 Å². The van der Waals surface area contributed by atoms with Gasteiger partial charge in [-0.15, -0.1) is 5.54 Å². The molecule has 0 amide bonds. The third-order valence-electron chi connectivity index (χ3n) is 2.17. The summed E-state index contributed by atoms with van der Waals surface area (Å²) in [7, 11) is -1.31. The monoisotopic (exact) mass is 229 g/mol. The van der Waals surface area contributed by atoms with E-state index >= 15 is 0 Å². The number of hydrogen-bond acceptors (Lipinski definition) is 2. The molecule has 16 heavy (non-hydrogen) atoms. The number of benzene rings is 1. The SMILES string of the molecule is C[Si](C)(C)C#Cc1ccc2c(N)n[nH]c2c1. The van der Waals surface area contributed by atoms with Gasteiger partial charge in [0, 0.05) is 10.9 Å². The molecule has 3 nitrogen and oxygen atoms in total. The summed E-state index contributed by atoms with van der Waals surface area (Å²) in [5.74, 6) is 3.75. The fraction of sp³-hybridized carbons (Fsp3) is 0.250. The molecule has 2 rings (SSSR count). The van der Waals surface area contributed by atoms with E-state index in [0.29, 0.717) is 5.82 Å². The lowest BCUT2D eigenvalue weighted by molar-refractivity contribution is 1.13. The van der Waals surface area contributed by atoms with Crippen molar-refractivity contribution in [1.29, 1.82) is 0 Å². The number of rotatable bonds is 0. The fourth-order valence-electron chi connectivity index (χ4n) is 1.38. The molecule has 82 valence electrons. The molecule has 0 aliphatic carbocycles. The Labute approximate surface area is 96.1 Å². The van der Waals surface area contributed by atoms with Gasteiger partial charge in [-0.25, -0.2) is 0 Å². The van der Waals surface area contributed by atoms with Crippen LogP contribution in [-0.2, 0) is 0 Å². The normalized spacial score (nSPS) is 11.2. The number of aromatic amines is 1. The Bertz CT molecular complexity index is 582. The molecule has 4 heteroatoms. The average molecular weight is 229 g/mol. The number of hydrogen-bond donors (Lipinski definition) is 2. The lowest BCUT2D eigenvalue weighted by atomic mass is 10.2. The maximum Gasteiger partial charge on any atom is 0.153 e. The quantitative estimate of drug-likeness (QED) is 0.538. The van der Waals surface area contributed by atoms with E-state index in [1.165, 1.54) is 0 Å². The van der Waals surface area contributed by atoms with Crippen LogP contribution in [0.2, 0.25) is 19.6 Å². The van der Waals surface area contributed by atoms with Gasteiger partial charge in [-0.3, -0.25) is 5.10 Å². The van der Waals surface area contributed by atoms with Crippen LogP contribution >= 0.6 is 0 Å². The highest BCUT2D eigenvalue weighted by Crippen LogP contribution is 2.18. The van der Waals surface area contributed by atoms with Crippen molar-refractivity contribution in [2.24, 2.45) is 0 Å². The van der Waals surface area contributed by atoms with E-state index in [1.807, 2.05) is 18.2 Å². The minimum Gasteiger partial charge on any atom is -0.382 e. The second-order valence-electron chi connectivity index (χ2n) is 4.87. The van der Waals surface area contributed by atoms with Crippen LogP contribution in [0.25, 0.3) is 10.9 Å². The maximum atomic E-state index is 5.70. The van der Waals surface area contributed by atoms with E-state index in [4.69, 9.17) is 5.73 Å². The van der Waals surface area contributed by atoms with Crippen molar-refractivity contribution >= 4 is 24.8 Å². The Kier molecular flexibility index (Phi) is 2.48. The zero-order valence-electron chi connectivity index (χ0n) is 9.76. The first kappa shape index (κ1) is 10.8. The highest BCUT2D eigenvalue weighted by Gasteiger charge is 2.07. The van der Waals surface area contributed by atoms with Gasteiger partial charge in [0.2, 0.25) is 0 Å². The molecular formula is C12H15N3Si. The zero-order valence-corrected chi connectivity index (χ0v) is 10.8. The molecule has 0 fully saturated rings. The summed E-state index contributed by atoms with van der Waals surface area (Å²) in [6.07, 6.45) is 0. The van der Waals surface area contributed by atoms with Crippen LogP contribution in [-0.4, -0.2) is 18.3 Å². The van der Waals surface area contributed by atoms with Crippen molar-refractivity contribution in [2.45, 2.75) is 19.6 Å². The third kappa shape index (κ3) is 2.26. The van der Waals surface area contributed by atoms with Crippen LogP contribution in [0.15, 0.2) is 18.2 Å². The predicted octanol–water partition coefficient (Wildman–Crippen LogP) is 2.37. The highest BCUT2D eigenvalue weighted by atomic mass is 28.3. The van der Waals surface area contributed by atoms with E-state index in [1.54, 1.807) is 0 Å². The molecule has 2 aromatic rings. The third-order valence-corrected chi connectivity index (χ3v) is 3.05. The number of nitrogen functional groups attached to an aromatic ring is 1. The van der Waals surface area contributed by atoms with Crippen LogP contribution in [0.5, 0.6) is 0 Å². The number of nitrogens with one attached hydrogen (secondary N) is 1. The second kappa shape index (κ2) is 3.69. The van der Waals surface area contributed by atoms with Crippen molar-refractivity contribution in [3.05, 3.63) is 23.8 Å². The number of nitrogens with zero attached hydrogens (tertiary/aromatic N) is 1. The van der Waals surface area contributed by atoms with Gasteiger partial charge in [0.05, 0.1) is 5.52 Å². The molecule has 1 aromatic heterocycles. The molecular weight excluding hydrogens is 214 g/mol. The minimum atomic E-state index is -1.31. The molecule has 0 aliphatic rings. The molecule has 3 N–H and O–H groups in total. The summed E-state index contributed by atoms with van der Waals surface area (Å²) >= 11 is 0. The number of aromatic nitrogens is 2. The van der Waals surface area contributed by atoms with Crippen LogP contribution in [0.3, 0.4) is 0 Å². The maximum absolute atomic E-state index is 5.70. The first-order valence-corrected chi connectivity index (χ1v) is 8.72. The first-order valence-electron chi connectivity index (χ1n) is 5.22. The Morgan fingerprint density at radius 1 is 1.31 bits per heavy atom. The van der Waals surface area contributed by atoms with E-state index in [-0.39, 0.29) is 0 Å². The molecule has 0 aliphatic heterocycles. The zero-order chi connectivity index (χ0) is 11.8. The molecule has 0 bridgehead atoms. The van der Waals surface area contributed by atoms with Gasteiger partial charge < -0.3 is 5.73 Å². The Morgan fingerprint density at radius 3 is 2.75 bits per heavy atom. The Hall–Kier alpha value is -1.73. The lowest BCUT2D eigenvalue weighted by Crippen LogP contribution is -2.16. The molecule has 0 radical (unpaired) electrons. The van der Waals surface area contributed by atoms with Gasteiger partial charge in [-0.2, -0.15) is 5.10 Å². The molecule has 1 heterocycles. The van der Waals surface area contributed by atoms with E-state index in [2.05, 4.69) is 41.3 Å². The van der Waals surface area contributed by atoms with Crippen LogP contribution in [0, 0.1) is 11.5 Å². The summed E-state index contributed by atoms with van der Waals surface area (Å²) in [6, 6.07) is 5.94. The molecule has 0 spiro atoms. The molecule has 0 saturated carbocycles. The van der Waals surface area contributed by atoms with Crippen molar-refractivity contribution in [3.63, 3.8) is 0 Å². The van der Waals surface area contributed by atoms with Crippen molar-refractivity contribution in [2.75, 3.05) is 5.73 Å². The summed E-state index contributed by atoms with van der Waals surface area (Å²) in [5, 5.41) is 7.81. The standard InChI is InChI=1S/C12H15N3Si/c1-16(2,3)7-6-9-4-5-10-11(8-9)14-15-12(10)13/h4-5,8H,1-3H3,(H3,13,14,15). The van der Waals surface area contributed by atoms with Crippen LogP contribution in [0.1, 0.15) is 5.56 Å².